The highest BCUT2D eigenvalue weighted by atomic mass is 16.6. The highest BCUT2D eigenvalue weighted by Crippen LogP contribution is 2.44. The van der Waals surface area contributed by atoms with Gasteiger partial charge in [-0.15, -0.1) is 0 Å². The fourth-order valence-electron chi connectivity index (χ4n) is 7.42. The Morgan fingerprint density at radius 2 is 1.74 bits per heavy atom. The molecule has 258 valence electrons. The van der Waals surface area contributed by atoms with Crippen LogP contribution in [-0.4, -0.2) is 89.9 Å². The van der Waals surface area contributed by atoms with Crippen molar-refractivity contribution in [3.63, 3.8) is 0 Å². The Labute approximate surface area is 292 Å². The van der Waals surface area contributed by atoms with Gasteiger partial charge in [-0.1, -0.05) is 79.7 Å². The van der Waals surface area contributed by atoms with Gasteiger partial charge in [0, 0.05) is 44.2 Å². The largest absolute Gasteiger partial charge is 0.476 e. The van der Waals surface area contributed by atoms with Crippen LogP contribution in [0.5, 0.6) is 0 Å². The number of anilines is 1. The quantitative estimate of drug-likeness (QED) is 0.190. The summed E-state index contributed by atoms with van der Waals surface area (Å²) in [6.07, 6.45) is 3.07. The number of rotatable bonds is 11. The predicted octanol–water partition coefficient (Wildman–Crippen LogP) is 6.31. The molecule has 1 aromatic heterocycles. The summed E-state index contributed by atoms with van der Waals surface area (Å²) in [5, 5.41) is 13.5. The molecule has 1 atom stereocenters. The van der Waals surface area contributed by atoms with Crippen LogP contribution in [0.25, 0.3) is 22.3 Å². The van der Waals surface area contributed by atoms with Gasteiger partial charge in [-0.05, 0) is 58.2 Å². The summed E-state index contributed by atoms with van der Waals surface area (Å²) in [6.45, 7) is 3.89. The third-order valence-electron chi connectivity index (χ3n) is 10.2. The number of nitrogens with one attached hydrogen (secondary N) is 1. The first-order chi connectivity index (χ1) is 24.2. The molecule has 1 unspecified atom stereocenters. The van der Waals surface area contributed by atoms with Gasteiger partial charge in [0.1, 0.15) is 12.1 Å². The fourth-order valence-corrected chi connectivity index (χ4v) is 7.42. The van der Waals surface area contributed by atoms with Crippen molar-refractivity contribution in [1.82, 2.24) is 14.8 Å². The van der Waals surface area contributed by atoms with Gasteiger partial charge >= 0.3 is 12.1 Å². The number of pyridine rings is 1. The fraction of sp³-hybridized carbons (Fsp3) is 0.350. The molecule has 2 fully saturated rings. The van der Waals surface area contributed by atoms with Crippen LogP contribution < -0.4 is 5.32 Å². The number of amides is 2. The summed E-state index contributed by atoms with van der Waals surface area (Å²) >= 11 is 0. The number of aromatic nitrogens is 1. The minimum atomic E-state index is -1.16. The normalized spacial score (nSPS) is 17.8. The first kappa shape index (κ1) is 33.3. The number of piperidine rings is 1. The minimum Gasteiger partial charge on any atom is -0.476 e. The van der Waals surface area contributed by atoms with Crippen LogP contribution in [0, 0.1) is 5.92 Å². The van der Waals surface area contributed by atoms with E-state index in [4.69, 9.17) is 9.47 Å². The number of benzene rings is 3. The second kappa shape index (κ2) is 14.0. The molecule has 2 N–H and O–H groups in total. The Bertz CT molecular complexity index is 1880. The van der Waals surface area contributed by atoms with Crippen LogP contribution in [0.2, 0.25) is 0 Å². The average Bonchev–Trinajstić information content (AvgIpc) is 3.44. The third-order valence-corrected chi connectivity index (χ3v) is 10.2. The zero-order chi connectivity index (χ0) is 34.8. The van der Waals surface area contributed by atoms with Gasteiger partial charge in [-0.25, -0.2) is 14.6 Å². The zero-order valence-corrected chi connectivity index (χ0v) is 28.4. The Morgan fingerprint density at radius 1 is 1.02 bits per heavy atom. The van der Waals surface area contributed by atoms with E-state index in [9.17, 15) is 19.5 Å². The van der Waals surface area contributed by atoms with Gasteiger partial charge in [-0.3, -0.25) is 4.79 Å². The topological polar surface area (TPSA) is 121 Å². The van der Waals surface area contributed by atoms with E-state index in [0.29, 0.717) is 25.2 Å². The predicted molar refractivity (Wildman–Crippen MR) is 190 cm³/mol. The highest BCUT2D eigenvalue weighted by Gasteiger charge is 2.43. The lowest BCUT2D eigenvalue weighted by Crippen LogP contribution is -2.63. The monoisotopic (exact) mass is 674 g/mol. The van der Waals surface area contributed by atoms with Gasteiger partial charge in [0.25, 0.3) is 0 Å². The van der Waals surface area contributed by atoms with E-state index in [1.165, 1.54) is 0 Å². The number of carbonyl (C=O) groups excluding carboxylic acids is 2. The molecule has 3 heterocycles. The van der Waals surface area contributed by atoms with Crippen molar-refractivity contribution in [2.24, 2.45) is 5.92 Å². The Morgan fingerprint density at radius 3 is 2.38 bits per heavy atom. The van der Waals surface area contributed by atoms with E-state index in [1.807, 2.05) is 36.4 Å². The van der Waals surface area contributed by atoms with Crippen LogP contribution in [0.15, 0.2) is 85.1 Å². The SMILES string of the molecule is CCc1cccc(-c2cnc(C(=O)O)c(NC3(CN(CC4CCN(C)C(=O)C4)C(=O)OCC4c5ccccc5-c5ccccc54)COC3)c2)c1. The van der Waals surface area contributed by atoms with Crippen molar-refractivity contribution in [2.45, 2.75) is 37.6 Å². The molecule has 1 aliphatic carbocycles. The number of fused-ring (bicyclic) bond motifs is 3. The third kappa shape index (κ3) is 6.67. The van der Waals surface area contributed by atoms with E-state index in [2.05, 4.69) is 53.6 Å². The smallest absolute Gasteiger partial charge is 0.409 e. The van der Waals surface area contributed by atoms with Gasteiger partial charge in [0.05, 0.1) is 25.4 Å². The van der Waals surface area contributed by atoms with Crippen molar-refractivity contribution >= 4 is 23.7 Å². The number of ether oxygens (including phenoxy) is 2. The van der Waals surface area contributed by atoms with Gasteiger partial charge in [0.2, 0.25) is 5.91 Å². The van der Waals surface area contributed by atoms with E-state index in [0.717, 1.165) is 51.8 Å². The average molecular weight is 675 g/mol. The maximum absolute atomic E-state index is 14.1. The summed E-state index contributed by atoms with van der Waals surface area (Å²) in [5.74, 6) is -1.25. The van der Waals surface area contributed by atoms with E-state index < -0.39 is 17.6 Å². The number of likely N-dealkylation sites (tertiary alicyclic amines) is 1. The molecule has 4 aromatic rings. The molecule has 10 heteroatoms. The number of carbonyl (C=O) groups is 3. The Hall–Kier alpha value is -5.22. The number of aryl methyl sites for hydroxylation is 1. The van der Waals surface area contributed by atoms with Gasteiger partial charge in [-0.2, -0.15) is 0 Å². The van der Waals surface area contributed by atoms with Crippen molar-refractivity contribution < 1.29 is 29.0 Å². The van der Waals surface area contributed by atoms with Crippen molar-refractivity contribution in [1.29, 1.82) is 0 Å². The number of hydrogen-bond donors (Lipinski definition) is 2. The number of hydrogen-bond acceptors (Lipinski definition) is 7. The second-order valence-electron chi connectivity index (χ2n) is 13.7. The summed E-state index contributed by atoms with van der Waals surface area (Å²) in [7, 11) is 1.80. The summed E-state index contributed by atoms with van der Waals surface area (Å²) < 4.78 is 11.8. The molecule has 2 aliphatic heterocycles. The molecule has 3 aromatic carbocycles. The first-order valence-electron chi connectivity index (χ1n) is 17.3. The van der Waals surface area contributed by atoms with Crippen LogP contribution in [0.4, 0.5) is 10.5 Å². The number of aromatic carboxylic acids is 1. The van der Waals surface area contributed by atoms with E-state index in [-0.39, 0.29) is 49.8 Å². The maximum atomic E-state index is 14.1. The molecule has 0 radical (unpaired) electrons. The molecule has 10 nitrogen and oxygen atoms in total. The number of carboxylic acids is 1. The van der Waals surface area contributed by atoms with Crippen LogP contribution in [0.3, 0.4) is 0 Å². The molecule has 0 saturated carbocycles. The molecule has 0 spiro atoms. The van der Waals surface area contributed by atoms with Crippen LogP contribution >= 0.6 is 0 Å². The summed E-state index contributed by atoms with van der Waals surface area (Å²) in [6, 6.07) is 26.3. The second-order valence-corrected chi connectivity index (χ2v) is 13.7. The lowest BCUT2D eigenvalue weighted by molar-refractivity contribution is -0.133. The molecule has 3 aliphatic rings. The molecular formula is C40H42N4O6. The minimum absolute atomic E-state index is 0.0392. The summed E-state index contributed by atoms with van der Waals surface area (Å²) in [5.41, 5.74) is 6.85. The van der Waals surface area contributed by atoms with Crippen molar-refractivity contribution in [3.05, 3.63) is 107 Å². The van der Waals surface area contributed by atoms with Crippen molar-refractivity contribution in [3.8, 4) is 22.3 Å². The molecule has 2 amide bonds. The number of carboxylic acid groups (broad SMARTS) is 1. The highest BCUT2D eigenvalue weighted by molar-refractivity contribution is 5.93. The molecule has 0 bridgehead atoms. The standard InChI is InChI=1S/C40H42N4O6/c1-3-26-9-8-10-28(17-26)29-19-35(37(38(46)47)41-20-29)42-40(24-49-25-40)23-44(21-27-15-16-43(2)36(45)18-27)39(48)50-22-34-32-13-6-4-11-30(32)31-12-5-7-14-33(31)34/h4-14,17,19-20,27,34,42H,3,15-16,18,21-25H2,1-2H3,(H,46,47). The van der Waals surface area contributed by atoms with Crippen LogP contribution in [-0.2, 0) is 20.7 Å². The van der Waals surface area contributed by atoms with Gasteiger partial charge in [0.15, 0.2) is 5.69 Å². The molecular weight excluding hydrogens is 632 g/mol. The first-order valence-corrected chi connectivity index (χ1v) is 17.3. The van der Waals surface area contributed by atoms with Crippen LogP contribution in [0.1, 0.15) is 52.9 Å². The molecule has 50 heavy (non-hydrogen) atoms. The Kier molecular flexibility index (Phi) is 9.29. The molecule has 2 saturated heterocycles. The number of nitrogens with zero attached hydrogens (tertiary/aromatic N) is 3. The van der Waals surface area contributed by atoms with E-state index in [1.54, 1.807) is 29.1 Å². The molecule has 7 rings (SSSR count). The summed E-state index contributed by atoms with van der Waals surface area (Å²) in [4.78, 5) is 46.9. The van der Waals surface area contributed by atoms with Crippen molar-refractivity contribution in [2.75, 3.05) is 51.8 Å². The van der Waals surface area contributed by atoms with Gasteiger partial charge < -0.3 is 29.7 Å². The van der Waals surface area contributed by atoms with E-state index >= 15 is 0 Å². The lowest BCUT2D eigenvalue weighted by atomic mass is 9.92. The zero-order valence-electron chi connectivity index (χ0n) is 28.4. The lowest BCUT2D eigenvalue weighted by Gasteiger charge is -2.46. The maximum Gasteiger partial charge on any atom is 0.409 e. The Balaban J connectivity index is 1.15.